The largest absolute Gasteiger partial charge is 0.396 e. The van der Waals surface area contributed by atoms with Gasteiger partial charge >= 0.3 is 0 Å². The molecule has 2 aliphatic heterocycles. The lowest BCUT2D eigenvalue weighted by Crippen LogP contribution is -2.39. The van der Waals surface area contributed by atoms with Gasteiger partial charge in [-0.05, 0) is 37.5 Å². The predicted octanol–water partition coefficient (Wildman–Crippen LogP) is 3.22. The van der Waals surface area contributed by atoms with E-state index in [0.717, 1.165) is 39.1 Å². The molecule has 2 saturated carbocycles. The highest BCUT2D eigenvalue weighted by atomic mass is 16.3. The van der Waals surface area contributed by atoms with Crippen LogP contribution in [0.25, 0.3) is 0 Å². The third kappa shape index (κ3) is 3.93. The predicted molar refractivity (Wildman–Crippen MR) is 116 cm³/mol. The number of likely N-dealkylation sites (tertiary alicyclic amines) is 2. The van der Waals surface area contributed by atoms with E-state index in [4.69, 9.17) is 0 Å². The van der Waals surface area contributed by atoms with Gasteiger partial charge in [0.15, 0.2) is 0 Å². The first-order valence-corrected chi connectivity index (χ1v) is 12.3. The summed E-state index contributed by atoms with van der Waals surface area (Å²) in [6.45, 7) is 4.51. The molecule has 2 saturated heterocycles. The normalized spacial score (nSPS) is 31.0. The number of aliphatic hydroxyl groups excluding tert-OH is 1. The number of carbonyl (C=O) groups excluding carboxylic acids is 1. The fourth-order valence-corrected chi connectivity index (χ4v) is 6.79. The zero-order valence-corrected chi connectivity index (χ0v) is 18.3. The summed E-state index contributed by atoms with van der Waals surface area (Å²) in [5, 5.41) is 10.3. The maximum atomic E-state index is 12.9. The van der Waals surface area contributed by atoms with E-state index in [-0.39, 0.29) is 12.0 Å². The fourth-order valence-electron chi connectivity index (χ4n) is 6.79. The third-order valence-electron chi connectivity index (χ3n) is 8.54. The van der Waals surface area contributed by atoms with Crippen LogP contribution in [-0.4, -0.2) is 63.2 Å². The Balaban J connectivity index is 1.20. The summed E-state index contributed by atoms with van der Waals surface area (Å²) in [5.41, 5.74) is 1.17. The molecule has 0 unspecified atom stereocenters. The number of aromatic nitrogens is 2. The minimum atomic E-state index is -0.138. The van der Waals surface area contributed by atoms with Crippen LogP contribution in [0.5, 0.6) is 0 Å². The Morgan fingerprint density at radius 1 is 1.07 bits per heavy atom. The van der Waals surface area contributed by atoms with E-state index in [2.05, 4.69) is 19.4 Å². The van der Waals surface area contributed by atoms with E-state index in [9.17, 15) is 9.90 Å². The molecular formula is C24H38N4O2. The Labute approximate surface area is 180 Å². The summed E-state index contributed by atoms with van der Waals surface area (Å²) in [6.07, 6.45) is 16.3. The highest BCUT2D eigenvalue weighted by Gasteiger charge is 2.53. The van der Waals surface area contributed by atoms with Gasteiger partial charge in [0.25, 0.3) is 0 Å². The first kappa shape index (κ1) is 20.5. The number of imidazole rings is 1. The lowest BCUT2D eigenvalue weighted by Gasteiger charge is -2.29. The monoisotopic (exact) mass is 414 g/mol. The smallest absolute Gasteiger partial charge is 0.222 e. The molecule has 6 nitrogen and oxygen atoms in total. The molecule has 0 radical (unpaired) electrons. The van der Waals surface area contributed by atoms with Crippen molar-refractivity contribution in [2.75, 3.05) is 32.8 Å². The number of nitrogens with zero attached hydrogens (tertiary/aromatic N) is 4. The van der Waals surface area contributed by atoms with Crippen LogP contribution in [0.3, 0.4) is 0 Å². The Hall–Kier alpha value is -1.40. The lowest BCUT2D eigenvalue weighted by molar-refractivity contribution is -0.131. The molecule has 2 aliphatic carbocycles. The maximum absolute atomic E-state index is 12.9. The van der Waals surface area contributed by atoms with Crippen LogP contribution in [0, 0.1) is 17.3 Å². The molecule has 6 heteroatoms. The van der Waals surface area contributed by atoms with Crippen molar-refractivity contribution in [1.29, 1.82) is 0 Å². The molecule has 1 N–H and O–H groups in total. The van der Waals surface area contributed by atoms with Crippen molar-refractivity contribution >= 4 is 5.91 Å². The summed E-state index contributed by atoms with van der Waals surface area (Å²) >= 11 is 0. The average Bonchev–Trinajstić information content (AvgIpc) is 3.52. The molecule has 2 atom stereocenters. The number of rotatable bonds is 6. The van der Waals surface area contributed by atoms with Crippen molar-refractivity contribution in [3.05, 3.63) is 18.2 Å². The van der Waals surface area contributed by atoms with Gasteiger partial charge in [-0.1, -0.05) is 32.1 Å². The van der Waals surface area contributed by atoms with Crippen LogP contribution in [0.2, 0.25) is 0 Å². The molecule has 4 aliphatic rings. The van der Waals surface area contributed by atoms with Gasteiger partial charge < -0.3 is 14.6 Å². The average molecular weight is 415 g/mol. The molecule has 5 rings (SSSR count). The van der Waals surface area contributed by atoms with Crippen molar-refractivity contribution in [3.8, 4) is 0 Å². The Morgan fingerprint density at radius 2 is 1.83 bits per heavy atom. The van der Waals surface area contributed by atoms with Gasteiger partial charge in [-0.2, -0.15) is 0 Å². The van der Waals surface area contributed by atoms with Crippen molar-refractivity contribution in [3.63, 3.8) is 0 Å². The maximum Gasteiger partial charge on any atom is 0.222 e. The second-order valence-corrected chi connectivity index (χ2v) is 10.6. The Kier molecular flexibility index (Phi) is 5.89. The zero-order chi connectivity index (χ0) is 20.6. The molecule has 0 bridgehead atoms. The Morgan fingerprint density at radius 3 is 2.57 bits per heavy atom. The van der Waals surface area contributed by atoms with E-state index in [1.807, 2.05) is 12.5 Å². The summed E-state index contributed by atoms with van der Waals surface area (Å²) in [4.78, 5) is 21.9. The molecule has 1 amide bonds. The van der Waals surface area contributed by atoms with E-state index in [0.29, 0.717) is 23.8 Å². The van der Waals surface area contributed by atoms with Crippen LogP contribution >= 0.6 is 0 Å². The first-order chi connectivity index (χ1) is 14.7. The van der Waals surface area contributed by atoms with Crippen molar-refractivity contribution in [2.24, 2.45) is 17.3 Å². The van der Waals surface area contributed by atoms with Crippen LogP contribution in [0.1, 0.15) is 75.9 Å². The second-order valence-electron chi connectivity index (χ2n) is 10.6. The number of amides is 1. The first-order valence-electron chi connectivity index (χ1n) is 12.3. The van der Waals surface area contributed by atoms with Gasteiger partial charge in [-0.15, -0.1) is 0 Å². The van der Waals surface area contributed by atoms with E-state index >= 15 is 0 Å². The van der Waals surface area contributed by atoms with E-state index in [1.165, 1.54) is 63.5 Å². The Bertz CT molecular complexity index is 737. The van der Waals surface area contributed by atoms with Crippen LogP contribution in [0.15, 0.2) is 12.5 Å². The quantitative estimate of drug-likeness (QED) is 0.776. The van der Waals surface area contributed by atoms with Crippen molar-refractivity contribution in [2.45, 2.75) is 76.8 Å². The number of fused-ring (bicyclic) bond motifs is 1. The van der Waals surface area contributed by atoms with Crippen LogP contribution in [-0.2, 0) is 11.3 Å². The number of hydrogen-bond acceptors (Lipinski definition) is 4. The van der Waals surface area contributed by atoms with Gasteiger partial charge in [-0.25, -0.2) is 4.98 Å². The SMILES string of the molecule is O=C(CC1CCCC1)N1C[C@@H]2CN(Cc3cncn3C3CCCCC3)C[C@]2(CO)C1. The van der Waals surface area contributed by atoms with Gasteiger partial charge in [0, 0.05) is 56.8 Å². The molecule has 166 valence electrons. The molecule has 4 fully saturated rings. The van der Waals surface area contributed by atoms with Crippen molar-refractivity contribution < 1.29 is 9.90 Å². The van der Waals surface area contributed by atoms with Gasteiger partial charge in [0.2, 0.25) is 5.91 Å². The summed E-state index contributed by atoms with van der Waals surface area (Å²) in [5.74, 6) is 1.31. The number of hydrogen-bond donors (Lipinski definition) is 1. The molecule has 0 spiro atoms. The summed E-state index contributed by atoms with van der Waals surface area (Å²) in [6, 6.07) is 0.605. The zero-order valence-electron chi connectivity index (χ0n) is 18.3. The molecular weight excluding hydrogens is 376 g/mol. The third-order valence-corrected chi connectivity index (χ3v) is 8.54. The standard InChI is InChI=1S/C24H38N4O2/c29-17-24-15-26(14-22-11-25-18-28(22)21-8-2-1-3-9-21)12-20(24)13-27(16-24)23(30)10-19-6-4-5-7-19/h11,18-21,29H,1-10,12-17H2/t20-,24+/m0/s1. The van der Waals surface area contributed by atoms with Gasteiger partial charge in [0.05, 0.1) is 18.6 Å². The van der Waals surface area contributed by atoms with Crippen LogP contribution < -0.4 is 0 Å². The minimum absolute atomic E-state index is 0.138. The fraction of sp³-hybridized carbons (Fsp3) is 0.833. The highest BCUT2D eigenvalue weighted by Crippen LogP contribution is 2.43. The molecule has 1 aromatic rings. The van der Waals surface area contributed by atoms with E-state index < -0.39 is 0 Å². The lowest BCUT2D eigenvalue weighted by atomic mass is 9.82. The van der Waals surface area contributed by atoms with Crippen LogP contribution in [0.4, 0.5) is 0 Å². The molecule has 0 aromatic carbocycles. The highest BCUT2D eigenvalue weighted by molar-refractivity contribution is 5.77. The number of carbonyl (C=O) groups is 1. The number of aliphatic hydroxyl groups is 1. The van der Waals surface area contributed by atoms with Crippen molar-refractivity contribution in [1.82, 2.24) is 19.4 Å². The molecule has 1 aromatic heterocycles. The van der Waals surface area contributed by atoms with Gasteiger partial charge in [0.1, 0.15) is 0 Å². The summed E-state index contributed by atoms with van der Waals surface area (Å²) in [7, 11) is 0. The molecule has 30 heavy (non-hydrogen) atoms. The molecule has 3 heterocycles. The topological polar surface area (TPSA) is 61.6 Å². The summed E-state index contributed by atoms with van der Waals surface area (Å²) < 4.78 is 2.41. The second kappa shape index (κ2) is 8.62. The minimum Gasteiger partial charge on any atom is -0.396 e. The van der Waals surface area contributed by atoms with E-state index in [1.54, 1.807) is 0 Å². The van der Waals surface area contributed by atoms with Gasteiger partial charge in [-0.3, -0.25) is 9.69 Å².